The molecule has 0 bridgehead atoms. The second-order valence-electron chi connectivity index (χ2n) is 7.80. The number of para-hydroxylation sites is 1. The van der Waals surface area contributed by atoms with Gasteiger partial charge in [-0.25, -0.2) is 4.79 Å². The number of benzene rings is 3. The van der Waals surface area contributed by atoms with Crippen LogP contribution < -0.4 is 15.7 Å². The highest BCUT2D eigenvalue weighted by Crippen LogP contribution is 2.42. The third kappa shape index (κ3) is 3.42. The molecule has 5 aromatic rings. The average molecular weight is 425 g/mol. The highest BCUT2D eigenvalue weighted by atomic mass is 16.5. The molecule has 0 fully saturated rings. The summed E-state index contributed by atoms with van der Waals surface area (Å²) in [5, 5.41) is 4.57. The Balaban J connectivity index is 1.81. The zero-order valence-corrected chi connectivity index (χ0v) is 18.2. The lowest BCUT2D eigenvalue weighted by atomic mass is 10.0. The van der Waals surface area contributed by atoms with E-state index in [4.69, 9.17) is 13.6 Å². The molecule has 0 saturated heterocycles. The van der Waals surface area contributed by atoms with Gasteiger partial charge in [-0.3, -0.25) is 0 Å². The van der Waals surface area contributed by atoms with E-state index in [1.165, 1.54) is 5.56 Å². The number of hydrogen-bond acceptors (Lipinski definition) is 5. The summed E-state index contributed by atoms with van der Waals surface area (Å²) in [6, 6.07) is 21.2. The first kappa shape index (κ1) is 19.9. The summed E-state index contributed by atoms with van der Waals surface area (Å²) in [7, 11) is 0. The van der Waals surface area contributed by atoms with Crippen LogP contribution in [-0.2, 0) is 0 Å². The number of hydrogen-bond donors (Lipinski definition) is 1. The third-order valence-electron chi connectivity index (χ3n) is 5.51. The lowest BCUT2D eigenvalue weighted by Crippen LogP contribution is -2.00. The van der Waals surface area contributed by atoms with E-state index in [1.54, 1.807) is 6.07 Å². The van der Waals surface area contributed by atoms with E-state index < -0.39 is 5.63 Å². The number of furan rings is 1. The largest absolute Gasteiger partial charge is 0.494 e. The lowest BCUT2D eigenvalue weighted by Gasteiger charge is -2.11. The zero-order valence-electron chi connectivity index (χ0n) is 18.2. The molecule has 0 aliphatic rings. The van der Waals surface area contributed by atoms with Crippen molar-refractivity contribution in [2.75, 3.05) is 11.9 Å². The van der Waals surface area contributed by atoms with E-state index in [0.29, 0.717) is 34.6 Å². The molecule has 3 aromatic carbocycles. The molecule has 0 atom stereocenters. The Hall–Kier alpha value is -3.99. The number of ether oxygens (including phenoxy) is 1. The molecule has 0 amide bonds. The van der Waals surface area contributed by atoms with E-state index in [0.717, 1.165) is 28.0 Å². The number of aryl methyl sites for hydroxylation is 2. The summed E-state index contributed by atoms with van der Waals surface area (Å²) >= 11 is 0. The molecule has 0 saturated carbocycles. The Morgan fingerprint density at radius 1 is 0.938 bits per heavy atom. The Labute approximate surface area is 185 Å². The molecule has 32 heavy (non-hydrogen) atoms. The lowest BCUT2D eigenvalue weighted by molar-refractivity contribution is 0.340. The SMILES string of the molecule is CCOc1cccc(-c2c(Nc3ccc(C)cc3C)oc3c2c(=O)oc2ccccc23)c1. The minimum absolute atomic E-state index is 0.407. The molecule has 0 radical (unpaired) electrons. The predicted molar refractivity (Wildman–Crippen MR) is 128 cm³/mol. The van der Waals surface area contributed by atoms with Gasteiger partial charge < -0.3 is 18.9 Å². The molecule has 0 aliphatic heterocycles. The number of rotatable bonds is 5. The van der Waals surface area contributed by atoms with Gasteiger partial charge in [0, 0.05) is 5.69 Å². The Morgan fingerprint density at radius 2 is 1.78 bits per heavy atom. The van der Waals surface area contributed by atoms with Crippen LogP contribution in [0.2, 0.25) is 0 Å². The van der Waals surface area contributed by atoms with E-state index in [1.807, 2.05) is 68.4 Å². The van der Waals surface area contributed by atoms with E-state index in [9.17, 15) is 4.79 Å². The Kier molecular flexibility index (Phi) is 4.94. The van der Waals surface area contributed by atoms with Crippen molar-refractivity contribution in [3.8, 4) is 16.9 Å². The molecule has 2 aromatic heterocycles. The molecule has 5 heteroatoms. The van der Waals surface area contributed by atoms with Crippen LogP contribution in [0.15, 0.2) is 80.4 Å². The molecule has 160 valence electrons. The monoisotopic (exact) mass is 425 g/mol. The van der Waals surface area contributed by atoms with Crippen LogP contribution >= 0.6 is 0 Å². The van der Waals surface area contributed by atoms with Crippen LogP contribution in [-0.4, -0.2) is 6.61 Å². The highest BCUT2D eigenvalue weighted by Gasteiger charge is 2.23. The van der Waals surface area contributed by atoms with E-state index in [2.05, 4.69) is 18.3 Å². The molecular weight excluding hydrogens is 402 g/mol. The molecule has 2 heterocycles. The number of anilines is 2. The molecule has 5 nitrogen and oxygen atoms in total. The molecule has 0 spiro atoms. The van der Waals surface area contributed by atoms with Gasteiger partial charge in [0.15, 0.2) is 5.58 Å². The van der Waals surface area contributed by atoms with Crippen LogP contribution in [0.1, 0.15) is 18.1 Å². The minimum atomic E-state index is -0.437. The fraction of sp³-hybridized carbons (Fsp3) is 0.148. The maximum Gasteiger partial charge on any atom is 0.348 e. The number of nitrogens with one attached hydrogen (secondary N) is 1. The van der Waals surface area contributed by atoms with Crippen molar-refractivity contribution in [2.24, 2.45) is 0 Å². The zero-order chi connectivity index (χ0) is 22.2. The van der Waals surface area contributed by atoms with E-state index in [-0.39, 0.29) is 0 Å². The summed E-state index contributed by atoms with van der Waals surface area (Å²) in [5.41, 5.74) is 5.18. The van der Waals surface area contributed by atoms with Crippen molar-refractivity contribution in [2.45, 2.75) is 20.8 Å². The molecule has 0 aliphatic carbocycles. The van der Waals surface area contributed by atoms with Gasteiger partial charge in [-0.05, 0) is 62.2 Å². The van der Waals surface area contributed by atoms with Gasteiger partial charge in [-0.2, -0.15) is 0 Å². The van der Waals surface area contributed by atoms with Crippen molar-refractivity contribution in [1.29, 1.82) is 0 Å². The van der Waals surface area contributed by atoms with Crippen molar-refractivity contribution >= 4 is 33.5 Å². The summed E-state index contributed by atoms with van der Waals surface area (Å²) < 4.78 is 17.7. The van der Waals surface area contributed by atoms with Gasteiger partial charge >= 0.3 is 5.63 Å². The summed E-state index contributed by atoms with van der Waals surface area (Å²) in [6.45, 7) is 6.58. The maximum atomic E-state index is 13.1. The van der Waals surface area contributed by atoms with Crippen LogP contribution in [0.25, 0.3) is 33.1 Å². The third-order valence-corrected chi connectivity index (χ3v) is 5.51. The van der Waals surface area contributed by atoms with Gasteiger partial charge in [-0.1, -0.05) is 42.0 Å². The van der Waals surface area contributed by atoms with Crippen LogP contribution in [0, 0.1) is 13.8 Å². The van der Waals surface area contributed by atoms with Crippen molar-refractivity contribution < 1.29 is 13.6 Å². The molecular formula is C27H23NO4. The minimum Gasteiger partial charge on any atom is -0.494 e. The second kappa shape index (κ2) is 7.93. The predicted octanol–water partition coefficient (Wildman–Crippen LogP) is 6.97. The maximum absolute atomic E-state index is 13.1. The standard InChI is InChI=1S/C27H23NO4/c1-4-30-19-9-7-8-18(15-19)23-24-25(20-10-5-6-11-22(20)31-27(24)29)32-26(23)28-21-13-12-16(2)14-17(21)3/h5-15,28H,4H2,1-3H3. The second-order valence-corrected chi connectivity index (χ2v) is 7.80. The van der Waals surface area contributed by atoms with Gasteiger partial charge in [-0.15, -0.1) is 0 Å². The van der Waals surface area contributed by atoms with Crippen LogP contribution in [0.5, 0.6) is 5.75 Å². The highest BCUT2D eigenvalue weighted by molar-refractivity contribution is 6.10. The van der Waals surface area contributed by atoms with Gasteiger partial charge in [0.2, 0.25) is 5.88 Å². The molecule has 5 rings (SSSR count). The molecule has 0 unspecified atom stereocenters. The van der Waals surface area contributed by atoms with Crippen LogP contribution in [0.4, 0.5) is 11.6 Å². The first-order valence-corrected chi connectivity index (χ1v) is 10.6. The van der Waals surface area contributed by atoms with Crippen molar-refractivity contribution in [3.05, 3.63) is 88.3 Å². The number of fused-ring (bicyclic) bond motifs is 3. The Morgan fingerprint density at radius 3 is 2.59 bits per heavy atom. The summed E-state index contributed by atoms with van der Waals surface area (Å²) in [6.07, 6.45) is 0. The average Bonchev–Trinajstić information content (AvgIpc) is 3.16. The van der Waals surface area contributed by atoms with Gasteiger partial charge in [0.1, 0.15) is 16.7 Å². The first-order valence-electron chi connectivity index (χ1n) is 10.6. The summed E-state index contributed by atoms with van der Waals surface area (Å²) in [5.74, 6) is 1.21. The van der Waals surface area contributed by atoms with Crippen molar-refractivity contribution in [3.63, 3.8) is 0 Å². The van der Waals surface area contributed by atoms with E-state index >= 15 is 0 Å². The fourth-order valence-corrected chi connectivity index (χ4v) is 4.06. The van der Waals surface area contributed by atoms with Gasteiger partial charge in [0.05, 0.1) is 17.6 Å². The first-order chi connectivity index (χ1) is 15.5. The summed E-state index contributed by atoms with van der Waals surface area (Å²) in [4.78, 5) is 13.1. The topological polar surface area (TPSA) is 64.6 Å². The Bertz CT molecular complexity index is 1510. The smallest absolute Gasteiger partial charge is 0.348 e. The van der Waals surface area contributed by atoms with Crippen LogP contribution in [0.3, 0.4) is 0 Å². The van der Waals surface area contributed by atoms with Crippen molar-refractivity contribution in [1.82, 2.24) is 0 Å². The fourth-order valence-electron chi connectivity index (χ4n) is 4.06. The van der Waals surface area contributed by atoms with Gasteiger partial charge in [0.25, 0.3) is 0 Å². The molecule has 1 N–H and O–H groups in total. The normalized spacial score (nSPS) is 11.2. The quantitative estimate of drug-likeness (QED) is 0.308.